The van der Waals surface area contributed by atoms with Gasteiger partial charge in [-0.3, -0.25) is 14.5 Å². The number of hydrogen-bond acceptors (Lipinski definition) is 9. The van der Waals surface area contributed by atoms with Crippen molar-refractivity contribution >= 4 is 51.7 Å². The summed E-state index contributed by atoms with van der Waals surface area (Å²) in [5, 5.41) is 25.8. The Bertz CT molecular complexity index is 1020. The third-order valence-corrected chi connectivity index (χ3v) is 8.34. The van der Waals surface area contributed by atoms with E-state index in [0.717, 1.165) is 53.9 Å². The maximum absolute atomic E-state index is 12.9. The molecule has 5 N–H and O–H groups in total. The van der Waals surface area contributed by atoms with Crippen LogP contribution in [0.1, 0.15) is 25.5 Å². The first kappa shape index (κ1) is 22.6. The molecule has 0 bridgehead atoms. The predicted molar refractivity (Wildman–Crippen MR) is 119 cm³/mol. The zero-order chi connectivity index (χ0) is 23.0. The molecule has 0 saturated carbocycles. The SMILES string of the molecule is CC[N+]1(CC2=C(C(=O)O)N3C(=O)C(NC(=O)C(=NO)c4csc(N)n4)[C@@H]3SC2)CCCC1. The number of quaternary nitrogens is 1. The van der Waals surface area contributed by atoms with Gasteiger partial charge in [-0.05, 0) is 6.92 Å². The number of carbonyl (C=O) groups excluding carboxylic acids is 2. The number of nitrogens with two attached hydrogens (primary N) is 1. The quantitative estimate of drug-likeness (QED) is 0.142. The summed E-state index contributed by atoms with van der Waals surface area (Å²) in [6, 6.07) is -0.919. The number of thiazole rings is 1. The Morgan fingerprint density at radius 3 is 2.69 bits per heavy atom. The lowest BCUT2D eigenvalue weighted by Crippen LogP contribution is -2.71. The van der Waals surface area contributed by atoms with Gasteiger partial charge in [0.2, 0.25) is 0 Å². The minimum atomic E-state index is -1.13. The lowest BCUT2D eigenvalue weighted by Gasteiger charge is -2.50. The van der Waals surface area contributed by atoms with E-state index in [1.807, 2.05) is 0 Å². The van der Waals surface area contributed by atoms with E-state index >= 15 is 0 Å². The number of nitrogen functional groups attached to an aromatic ring is 1. The molecule has 1 unspecified atom stereocenters. The first-order valence-corrected chi connectivity index (χ1v) is 12.2. The molecule has 172 valence electrons. The van der Waals surface area contributed by atoms with Gasteiger partial charge in [0.15, 0.2) is 10.8 Å². The summed E-state index contributed by atoms with van der Waals surface area (Å²) in [5.74, 6) is -1.93. The maximum Gasteiger partial charge on any atom is 0.352 e. The Hall–Kier alpha value is -2.64. The van der Waals surface area contributed by atoms with E-state index in [9.17, 15) is 24.7 Å². The minimum absolute atomic E-state index is 0.0328. The van der Waals surface area contributed by atoms with Crippen LogP contribution in [-0.4, -0.2) is 91.5 Å². The molecule has 0 aliphatic carbocycles. The number of carboxylic acids is 1. The van der Waals surface area contributed by atoms with E-state index in [0.29, 0.717) is 12.3 Å². The number of likely N-dealkylation sites (N-methyl/N-ethyl adjacent to an activating group) is 1. The van der Waals surface area contributed by atoms with Crippen LogP contribution in [0.2, 0.25) is 0 Å². The Morgan fingerprint density at radius 1 is 1.41 bits per heavy atom. The van der Waals surface area contributed by atoms with Crippen LogP contribution in [0.15, 0.2) is 21.8 Å². The molecule has 0 aromatic carbocycles. The zero-order valence-corrected chi connectivity index (χ0v) is 19.1. The van der Waals surface area contributed by atoms with Gasteiger partial charge in [0, 0.05) is 29.5 Å². The van der Waals surface area contributed by atoms with Gasteiger partial charge in [-0.1, -0.05) is 5.16 Å². The smallest absolute Gasteiger partial charge is 0.352 e. The van der Waals surface area contributed by atoms with E-state index < -0.39 is 29.2 Å². The number of thioether (sulfide) groups is 1. The number of likely N-dealkylation sites (tertiary alicyclic amines) is 1. The number of oxime groups is 1. The van der Waals surface area contributed by atoms with E-state index in [1.54, 1.807) is 0 Å². The van der Waals surface area contributed by atoms with Crippen molar-refractivity contribution in [2.75, 3.05) is 37.7 Å². The number of fused-ring (bicyclic) bond motifs is 1. The van der Waals surface area contributed by atoms with Crippen LogP contribution >= 0.6 is 23.1 Å². The topological polar surface area (TPSA) is 158 Å². The second-order valence-electron chi connectivity index (χ2n) is 8.11. The van der Waals surface area contributed by atoms with Crippen LogP contribution in [0.3, 0.4) is 0 Å². The van der Waals surface area contributed by atoms with Crippen molar-refractivity contribution in [1.29, 1.82) is 0 Å². The largest absolute Gasteiger partial charge is 0.477 e. The van der Waals surface area contributed by atoms with Crippen molar-refractivity contribution in [1.82, 2.24) is 15.2 Å². The summed E-state index contributed by atoms with van der Waals surface area (Å²) < 4.78 is 0.840. The number of carboxylic acid groups (broad SMARTS) is 1. The molecule has 32 heavy (non-hydrogen) atoms. The maximum atomic E-state index is 12.9. The molecule has 2 fully saturated rings. The van der Waals surface area contributed by atoms with Crippen LogP contribution in [0.4, 0.5) is 5.13 Å². The fraction of sp³-hybridized carbons (Fsp3) is 0.526. The molecule has 11 nitrogen and oxygen atoms in total. The van der Waals surface area contributed by atoms with Crippen molar-refractivity contribution < 1.29 is 29.2 Å². The Kier molecular flexibility index (Phi) is 6.14. The molecule has 0 radical (unpaired) electrons. The van der Waals surface area contributed by atoms with Crippen LogP contribution in [0.5, 0.6) is 0 Å². The zero-order valence-electron chi connectivity index (χ0n) is 17.5. The van der Waals surface area contributed by atoms with Crippen LogP contribution in [0, 0.1) is 0 Å². The van der Waals surface area contributed by atoms with Crippen molar-refractivity contribution in [2.45, 2.75) is 31.2 Å². The summed E-state index contributed by atoms with van der Waals surface area (Å²) in [6.07, 6.45) is 2.24. The number of aromatic nitrogens is 1. The van der Waals surface area contributed by atoms with Gasteiger partial charge in [0.25, 0.3) is 11.8 Å². The molecule has 2 amide bonds. The second kappa shape index (κ2) is 8.71. The number of nitrogens with one attached hydrogen (secondary N) is 1. The number of nitrogens with zero attached hydrogens (tertiary/aromatic N) is 4. The molecule has 2 atom stereocenters. The molecule has 3 aliphatic rings. The van der Waals surface area contributed by atoms with Crippen molar-refractivity contribution in [3.05, 3.63) is 22.3 Å². The van der Waals surface area contributed by atoms with Crippen LogP contribution < -0.4 is 11.1 Å². The fourth-order valence-electron chi connectivity index (χ4n) is 4.62. The Labute approximate surface area is 192 Å². The highest BCUT2D eigenvalue weighted by atomic mass is 32.2. The summed E-state index contributed by atoms with van der Waals surface area (Å²) in [6.45, 7) is 5.67. The highest BCUT2D eigenvalue weighted by Gasteiger charge is 2.55. The van der Waals surface area contributed by atoms with E-state index in [2.05, 4.69) is 22.4 Å². The molecule has 1 aromatic rings. The number of carbonyl (C=O) groups is 3. The normalized spacial score (nSPS) is 24.8. The third kappa shape index (κ3) is 3.84. The van der Waals surface area contributed by atoms with E-state index in [1.165, 1.54) is 22.0 Å². The Balaban J connectivity index is 1.52. The monoisotopic (exact) mass is 481 g/mol. The van der Waals surface area contributed by atoms with Crippen LogP contribution in [-0.2, 0) is 14.4 Å². The average molecular weight is 482 g/mol. The van der Waals surface area contributed by atoms with Gasteiger partial charge < -0.3 is 25.8 Å². The number of aliphatic carboxylic acids is 1. The number of β-lactam (4-membered cyclic amide) rings is 1. The molecule has 0 spiro atoms. The average Bonchev–Trinajstić information content (AvgIpc) is 3.41. The molecule has 2 saturated heterocycles. The van der Waals surface area contributed by atoms with Gasteiger partial charge >= 0.3 is 5.97 Å². The summed E-state index contributed by atoms with van der Waals surface area (Å²) in [5.41, 5.74) is 6.10. The predicted octanol–water partition coefficient (Wildman–Crippen LogP) is 0.273. The third-order valence-electron chi connectivity index (χ3n) is 6.33. The van der Waals surface area contributed by atoms with Gasteiger partial charge in [0.1, 0.15) is 29.4 Å². The van der Waals surface area contributed by atoms with Gasteiger partial charge in [0.05, 0.1) is 19.6 Å². The van der Waals surface area contributed by atoms with Gasteiger partial charge in [-0.15, -0.1) is 23.1 Å². The molecular weight excluding hydrogens is 456 g/mol. The van der Waals surface area contributed by atoms with Crippen LogP contribution in [0.25, 0.3) is 0 Å². The van der Waals surface area contributed by atoms with Gasteiger partial charge in [-0.25, -0.2) is 9.78 Å². The molecule has 3 aliphatic heterocycles. The number of hydrogen-bond donors (Lipinski definition) is 4. The Morgan fingerprint density at radius 2 is 2.12 bits per heavy atom. The number of rotatable bonds is 7. The molecule has 4 heterocycles. The molecule has 4 rings (SSSR count). The highest BCUT2D eigenvalue weighted by Crippen LogP contribution is 2.41. The van der Waals surface area contributed by atoms with Crippen molar-refractivity contribution in [3.8, 4) is 0 Å². The summed E-state index contributed by atoms with van der Waals surface area (Å²) >= 11 is 2.51. The summed E-state index contributed by atoms with van der Waals surface area (Å²) in [4.78, 5) is 42.8. The summed E-state index contributed by atoms with van der Waals surface area (Å²) in [7, 11) is 0. The number of amides is 2. The highest BCUT2D eigenvalue weighted by molar-refractivity contribution is 8.00. The fourth-order valence-corrected chi connectivity index (χ4v) is 6.50. The lowest BCUT2D eigenvalue weighted by molar-refractivity contribution is -0.910. The molecule has 13 heteroatoms. The number of anilines is 1. The first-order chi connectivity index (χ1) is 15.3. The minimum Gasteiger partial charge on any atom is -0.477 e. The van der Waals surface area contributed by atoms with Crippen molar-refractivity contribution in [3.63, 3.8) is 0 Å². The second-order valence-corrected chi connectivity index (χ2v) is 10.1. The lowest BCUT2D eigenvalue weighted by atomic mass is 10.0. The van der Waals surface area contributed by atoms with Crippen molar-refractivity contribution in [2.24, 2.45) is 5.16 Å². The first-order valence-electron chi connectivity index (χ1n) is 10.3. The van der Waals surface area contributed by atoms with E-state index in [4.69, 9.17) is 5.73 Å². The van der Waals surface area contributed by atoms with Gasteiger partial charge in [-0.2, -0.15) is 0 Å². The standard InChI is InChI=1S/C19H24N6O5S2/c1-2-25(5-3-4-6-25)7-10-8-31-17-13(16(27)24(17)14(10)18(28)29)22-15(26)12(23-30)11-9-32-19(20)21-11/h9,13,17H,2-8H2,1H3,(H4-,20,21,22,26,28,29,30)/p+1/t13?,17-/m0/s1. The molecule has 1 aromatic heterocycles. The van der Waals surface area contributed by atoms with E-state index in [-0.39, 0.29) is 22.2 Å². The molecular formula is C19H25N6O5S2+.